The topological polar surface area (TPSA) is 84.0 Å². The van der Waals surface area contributed by atoms with Crippen molar-refractivity contribution in [2.24, 2.45) is 0 Å². The first kappa shape index (κ1) is 16.1. The van der Waals surface area contributed by atoms with Crippen LogP contribution in [0.5, 0.6) is 0 Å². The summed E-state index contributed by atoms with van der Waals surface area (Å²) in [7, 11) is 0. The van der Waals surface area contributed by atoms with Gasteiger partial charge in [0.25, 0.3) is 5.91 Å². The zero-order valence-corrected chi connectivity index (χ0v) is 14.1. The van der Waals surface area contributed by atoms with Crippen molar-refractivity contribution in [1.29, 1.82) is 0 Å². The minimum Gasteiger partial charge on any atom is -0.351 e. The summed E-state index contributed by atoms with van der Waals surface area (Å²) in [5, 5.41) is 6.53. The Morgan fingerprint density at radius 1 is 1.21 bits per heavy atom. The summed E-state index contributed by atoms with van der Waals surface area (Å²) >= 11 is 1.59. The standard InChI is InChI=1S/C17H16N4O2S/c1-10(22)19-9-14-7-12(5-6-18-14)17(23)21-13-3-4-15-16(8-13)24-11(2)20-15/h3-8H,9H2,1-2H3,(H,19,22)(H,21,23). The Kier molecular flexibility index (Phi) is 4.52. The fourth-order valence-corrected chi connectivity index (χ4v) is 3.12. The monoisotopic (exact) mass is 340 g/mol. The van der Waals surface area contributed by atoms with Crippen molar-refractivity contribution in [2.45, 2.75) is 20.4 Å². The third-order valence-electron chi connectivity index (χ3n) is 3.35. The average molecular weight is 340 g/mol. The molecule has 1 aromatic carbocycles. The number of benzene rings is 1. The van der Waals surface area contributed by atoms with Crippen LogP contribution in [0.2, 0.25) is 0 Å². The van der Waals surface area contributed by atoms with Gasteiger partial charge in [0, 0.05) is 24.4 Å². The predicted octanol–water partition coefficient (Wildman–Crippen LogP) is 2.89. The van der Waals surface area contributed by atoms with Gasteiger partial charge in [0.2, 0.25) is 5.91 Å². The van der Waals surface area contributed by atoms with Crippen LogP contribution in [-0.4, -0.2) is 21.8 Å². The van der Waals surface area contributed by atoms with Crippen LogP contribution in [-0.2, 0) is 11.3 Å². The Morgan fingerprint density at radius 3 is 2.83 bits per heavy atom. The van der Waals surface area contributed by atoms with Gasteiger partial charge in [0.1, 0.15) is 0 Å². The lowest BCUT2D eigenvalue weighted by Gasteiger charge is -2.07. The lowest BCUT2D eigenvalue weighted by molar-refractivity contribution is -0.119. The molecule has 7 heteroatoms. The molecule has 2 N–H and O–H groups in total. The number of aromatic nitrogens is 2. The van der Waals surface area contributed by atoms with Gasteiger partial charge in [-0.3, -0.25) is 14.6 Å². The number of rotatable bonds is 4. The van der Waals surface area contributed by atoms with Gasteiger partial charge in [0.05, 0.1) is 27.5 Å². The van der Waals surface area contributed by atoms with Crippen molar-refractivity contribution in [3.63, 3.8) is 0 Å². The molecule has 0 fully saturated rings. The van der Waals surface area contributed by atoms with Crippen LogP contribution < -0.4 is 10.6 Å². The first-order valence-electron chi connectivity index (χ1n) is 7.39. The van der Waals surface area contributed by atoms with Crippen LogP contribution in [0.25, 0.3) is 10.2 Å². The molecule has 122 valence electrons. The molecule has 2 aromatic heterocycles. The summed E-state index contributed by atoms with van der Waals surface area (Å²) in [4.78, 5) is 31.9. The molecule has 0 bridgehead atoms. The van der Waals surface area contributed by atoms with Crippen molar-refractivity contribution >= 4 is 39.1 Å². The van der Waals surface area contributed by atoms with Crippen LogP contribution in [0, 0.1) is 6.92 Å². The second-order valence-corrected chi connectivity index (χ2v) is 6.55. The molecule has 0 unspecified atom stereocenters. The number of thiazole rings is 1. The number of nitrogens with one attached hydrogen (secondary N) is 2. The average Bonchev–Trinajstić information content (AvgIpc) is 2.92. The van der Waals surface area contributed by atoms with Gasteiger partial charge in [-0.1, -0.05) is 0 Å². The van der Waals surface area contributed by atoms with Crippen LogP contribution in [0.1, 0.15) is 28.0 Å². The molecular weight excluding hydrogens is 324 g/mol. The Hall–Kier alpha value is -2.80. The van der Waals surface area contributed by atoms with Crippen LogP contribution in [0.3, 0.4) is 0 Å². The normalized spacial score (nSPS) is 10.6. The van der Waals surface area contributed by atoms with E-state index in [-0.39, 0.29) is 11.8 Å². The van der Waals surface area contributed by atoms with Gasteiger partial charge in [-0.15, -0.1) is 11.3 Å². The first-order chi connectivity index (χ1) is 11.5. The summed E-state index contributed by atoms with van der Waals surface area (Å²) in [6.07, 6.45) is 1.56. The second-order valence-electron chi connectivity index (χ2n) is 5.32. The van der Waals surface area contributed by atoms with Crippen molar-refractivity contribution < 1.29 is 9.59 Å². The van der Waals surface area contributed by atoms with Gasteiger partial charge in [-0.05, 0) is 37.3 Å². The molecule has 3 rings (SSSR count). The van der Waals surface area contributed by atoms with E-state index >= 15 is 0 Å². The number of hydrogen-bond acceptors (Lipinski definition) is 5. The van der Waals surface area contributed by atoms with E-state index in [1.165, 1.54) is 6.92 Å². The minimum atomic E-state index is -0.220. The van der Waals surface area contributed by atoms with E-state index in [0.717, 1.165) is 20.9 Å². The maximum atomic E-state index is 12.4. The Balaban J connectivity index is 1.75. The largest absolute Gasteiger partial charge is 0.351 e. The summed E-state index contributed by atoms with van der Waals surface area (Å²) in [5.41, 5.74) is 2.77. The highest BCUT2D eigenvalue weighted by atomic mass is 32.1. The van der Waals surface area contributed by atoms with E-state index < -0.39 is 0 Å². The van der Waals surface area contributed by atoms with E-state index in [2.05, 4.69) is 20.6 Å². The molecule has 24 heavy (non-hydrogen) atoms. The maximum Gasteiger partial charge on any atom is 0.255 e. The molecule has 0 atom stereocenters. The third kappa shape index (κ3) is 3.75. The number of carbonyl (C=O) groups excluding carboxylic acids is 2. The lowest BCUT2D eigenvalue weighted by atomic mass is 10.2. The van der Waals surface area contributed by atoms with Crippen molar-refractivity contribution in [3.8, 4) is 0 Å². The molecule has 0 saturated carbocycles. The van der Waals surface area contributed by atoms with Gasteiger partial charge >= 0.3 is 0 Å². The van der Waals surface area contributed by atoms with Crippen molar-refractivity contribution in [3.05, 3.63) is 52.8 Å². The fourth-order valence-electron chi connectivity index (χ4n) is 2.25. The Labute approximate surface area is 142 Å². The summed E-state index contributed by atoms with van der Waals surface area (Å²) < 4.78 is 1.03. The van der Waals surface area contributed by atoms with Crippen LogP contribution in [0.4, 0.5) is 5.69 Å². The zero-order chi connectivity index (χ0) is 17.1. The number of amides is 2. The fraction of sp³-hybridized carbons (Fsp3) is 0.176. The van der Waals surface area contributed by atoms with E-state index in [1.54, 1.807) is 29.7 Å². The van der Waals surface area contributed by atoms with E-state index in [1.807, 2.05) is 25.1 Å². The van der Waals surface area contributed by atoms with E-state index in [0.29, 0.717) is 17.8 Å². The third-order valence-corrected chi connectivity index (χ3v) is 4.28. The number of fused-ring (bicyclic) bond motifs is 1. The van der Waals surface area contributed by atoms with Crippen molar-refractivity contribution in [1.82, 2.24) is 15.3 Å². The molecular formula is C17H16N4O2S. The highest BCUT2D eigenvalue weighted by Gasteiger charge is 2.09. The number of aryl methyl sites for hydroxylation is 1. The number of hydrogen-bond donors (Lipinski definition) is 2. The van der Waals surface area contributed by atoms with Crippen LogP contribution >= 0.6 is 11.3 Å². The summed E-state index contributed by atoms with van der Waals surface area (Å²) in [6, 6.07) is 8.95. The van der Waals surface area contributed by atoms with Crippen LogP contribution in [0.15, 0.2) is 36.5 Å². The Bertz CT molecular complexity index is 920. The zero-order valence-electron chi connectivity index (χ0n) is 13.3. The van der Waals surface area contributed by atoms with Crippen molar-refractivity contribution in [2.75, 3.05) is 5.32 Å². The number of nitrogens with zero attached hydrogens (tertiary/aromatic N) is 2. The number of carbonyl (C=O) groups is 2. The SMILES string of the molecule is CC(=O)NCc1cc(C(=O)Nc2ccc3nc(C)sc3c2)ccn1. The molecule has 3 aromatic rings. The minimum absolute atomic E-state index is 0.139. The summed E-state index contributed by atoms with van der Waals surface area (Å²) in [5.74, 6) is -0.359. The van der Waals surface area contributed by atoms with Gasteiger partial charge in [0.15, 0.2) is 0 Å². The van der Waals surface area contributed by atoms with Gasteiger partial charge in [-0.2, -0.15) is 0 Å². The lowest BCUT2D eigenvalue weighted by Crippen LogP contribution is -2.20. The molecule has 0 spiro atoms. The van der Waals surface area contributed by atoms with Gasteiger partial charge in [-0.25, -0.2) is 4.98 Å². The number of anilines is 1. The smallest absolute Gasteiger partial charge is 0.255 e. The summed E-state index contributed by atoms with van der Waals surface area (Å²) in [6.45, 7) is 3.69. The number of pyridine rings is 1. The highest BCUT2D eigenvalue weighted by molar-refractivity contribution is 7.18. The second kappa shape index (κ2) is 6.76. The highest BCUT2D eigenvalue weighted by Crippen LogP contribution is 2.25. The Morgan fingerprint density at radius 2 is 2.04 bits per heavy atom. The molecule has 2 amide bonds. The maximum absolute atomic E-state index is 12.4. The van der Waals surface area contributed by atoms with E-state index in [9.17, 15) is 9.59 Å². The molecule has 6 nitrogen and oxygen atoms in total. The quantitative estimate of drug-likeness (QED) is 0.765. The molecule has 0 aliphatic carbocycles. The van der Waals surface area contributed by atoms with Gasteiger partial charge < -0.3 is 10.6 Å². The predicted molar refractivity (Wildman–Crippen MR) is 94.1 cm³/mol. The van der Waals surface area contributed by atoms with E-state index in [4.69, 9.17) is 0 Å². The molecule has 0 radical (unpaired) electrons. The molecule has 0 saturated heterocycles. The molecule has 2 heterocycles. The molecule has 0 aliphatic heterocycles. The molecule has 0 aliphatic rings. The first-order valence-corrected chi connectivity index (χ1v) is 8.21.